The number of nitrogens with zero attached hydrogens (tertiary/aromatic N) is 3. The van der Waals surface area contributed by atoms with Crippen LogP contribution in [-0.4, -0.2) is 14.8 Å². The molecule has 26 heavy (non-hydrogen) atoms. The van der Waals surface area contributed by atoms with Gasteiger partial charge in [0.2, 0.25) is 0 Å². The van der Waals surface area contributed by atoms with Gasteiger partial charge in [0.1, 0.15) is 11.6 Å². The Balaban J connectivity index is 1.57. The van der Waals surface area contributed by atoms with Gasteiger partial charge in [0.05, 0.1) is 0 Å². The Morgan fingerprint density at radius 2 is 1.88 bits per heavy atom. The molecule has 0 aliphatic carbocycles. The minimum atomic E-state index is -0.213. The maximum atomic E-state index is 13.1. The lowest BCUT2D eigenvalue weighted by Crippen LogP contribution is -2.07. The van der Waals surface area contributed by atoms with Crippen LogP contribution in [0.5, 0.6) is 0 Å². The number of hydrogen-bond acceptors (Lipinski definition) is 3. The highest BCUT2D eigenvalue weighted by Crippen LogP contribution is 2.26. The van der Waals surface area contributed by atoms with E-state index in [0.717, 1.165) is 41.4 Å². The van der Waals surface area contributed by atoms with Crippen molar-refractivity contribution in [2.75, 3.05) is 5.32 Å². The van der Waals surface area contributed by atoms with Gasteiger partial charge in [-0.05, 0) is 49.6 Å². The molecule has 1 aliphatic rings. The second-order valence-corrected chi connectivity index (χ2v) is 6.90. The van der Waals surface area contributed by atoms with Crippen molar-refractivity contribution in [2.24, 2.45) is 0 Å². The summed E-state index contributed by atoms with van der Waals surface area (Å²) in [6, 6.07) is 15.0. The number of hydrogen-bond donors (Lipinski definition) is 1. The van der Waals surface area contributed by atoms with Gasteiger partial charge in [-0.15, -0.1) is 10.2 Å². The summed E-state index contributed by atoms with van der Waals surface area (Å²) in [6.07, 6.45) is 4.62. The lowest BCUT2D eigenvalue weighted by Gasteiger charge is -2.16. The largest absolute Gasteiger partial charge is 0.379 e. The summed E-state index contributed by atoms with van der Waals surface area (Å²) in [7, 11) is 0. The van der Waals surface area contributed by atoms with Crippen molar-refractivity contribution in [2.45, 2.75) is 45.2 Å². The predicted octanol–water partition coefficient (Wildman–Crippen LogP) is 4.98. The van der Waals surface area contributed by atoms with Gasteiger partial charge in [0.15, 0.2) is 5.82 Å². The lowest BCUT2D eigenvalue weighted by atomic mass is 10.1. The fourth-order valence-electron chi connectivity index (χ4n) is 3.53. The molecule has 4 rings (SSSR count). The van der Waals surface area contributed by atoms with Crippen LogP contribution in [0.15, 0.2) is 48.5 Å². The number of benzene rings is 2. The SMILES string of the molecule is C[C@@H](Nc1cccc(-c2nnc3n2CCCCC3)c1)c1ccc(F)cc1. The van der Waals surface area contributed by atoms with Crippen LogP contribution in [0.2, 0.25) is 0 Å². The predicted molar refractivity (Wildman–Crippen MR) is 101 cm³/mol. The standard InChI is InChI=1S/C21H23FN4/c1-15(16-9-11-18(22)12-10-16)23-19-7-5-6-17(14-19)21-25-24-20-8-3-2-4-13-26(20)21/h5-7,9-12,14-15,23H,2-4,8,13H2,1H3/t15-/m1/s1. The van der Waals surface area contributed by atoms with Gasteiger partial charge < -0.3 is 9.88 Å². The Morgan fingerprint density at radius 1 is 1.04 bits per heavy atom. The van der Waals surface area contributed by atoms with Gasteiger partial charge in [-0.1, -0.05) is 30.7 Å². The van der Waals surface area contributed by atoms with E-state index in [1.807, 2.05) is 24.3 Å². The van der Waals surface area contributed by atoms with E-state index in [4.69, 9.17) is 0 Å². The molecule has 0 saturated heterocycles. The average molecular weight is 350 g/mol. The molecule has 0 spiro atoms. The van der Waals surface area contributed by atoms with Crippen LogP contribution in [0.25, 0.3) is 11.4 Å². The molecule has 0 radical (unpaired) electrons. The maximum absolute atomic E-state index is 13.1. The van der Waals surface area contributed by atoms with Crippen LogP contribution in [0.1, 0.15) is 43.6 Å². The van der Waals surface area contributed by atoms with Gasteiger partial charge in [0, 0.05) is 30.3 Å². The molecule has 3 aromatic rings. The maximum Gasteiger partial charge on any atom is 0.164 e. The molecule has 2 heterocycles. The van der Waals surface area contributed by atoms with Gasteiger partial charge >= 0.3 is 0 Å². The third-order valence-corrected chi connectivity index (χ3v) is 4.98. The average Bonchev–Trinajstić information content (AvgIpc) is 2.91. The summed E-state index contributed by atoms with van der Waals surface area (Å²) < 4.78 is 15.4. The molecular formula is C21H23FN4. The van der Waals surface area contributed by atoms with Crippen LogP contribution < -0.4 is 5.32 Å². The first kappa shape index (κ1) is 16.8. The first-order valence-corrected chi connectivity index (χ1v) is 9.25. The van der Waals surface area contributed by atoms with Crippen molar-refractivity contribution < 1.29 is 4.39 Å². The van der Waals surface area contributed by atoms with Gasteiger partial charge in [-0.2, -0.15) is 0 Å². The zero-order chi connectivity index (χ0) is 17.9. The zero-order valence-electron chi connectivity index (χ0n) is 15.0. The van der Waals surface area contributed by atoms with Crippen molar-refractivity contribution in [3.8, 4) is 11.4 Å². The van der Waals surface area contributed by atoms with Crippen LogP contribution in [0, 0.1) is 5.82 Å². The minimum Gasteiger partial charge on any atom is -0.379 e. The number of anilines is 1. The molecule has 1 aromatic heterocycles. The van der Waals surface area contributed by atoms with Crippen molar-refractivity contribution in [1.82, 2.24) is 14.8 Å². The first-order chi connectivity index (χ1) is 12.7. The number of halogens is 1. The summed E-state index contributed by atoms with van der Waals surface area (Å²) in [6.45, 7) is 3.06. The summed E-state index contributed by atoms with van der Waals surface area (Å²) in [4.78, 5) is 0. The number of aromatic nitrogens is 3. The number of aryl methyl sites for hydroxylation is 1. The van der Waals surface area contributed by atoms with Crippen molar-refractivity contribution >= 4 is 5.69 Å². The molecule has 134 valence electrons. The molecule has 1 N–H and O–H groups in total. The summed E-state index contributed by atoms with van der Waals surface area (Å²) in [5, 5.41) is 12.3. The van der Waals surface area contributed by atoms with Crippen LogP contribution >= 0.6 is 0 Å². The Hall–Kier alpha value is -2.69. The summed E-state index contributed by atoms with van der Waals surface area (Å²) in [5.41, 5.74) is 3.14. The van der Waals surface area contributed by atoms with E-state index in [2.05, 4.69) is 39.1 Å². The molecule has 1 aliphatic heterocycles. The number of rotatable bonds is 4. The smallest absolute Gasteiger partial charge is 0.164 e. The van der Waals surface area contributed by atoms with Gasteiger partial charge in [0.25, 0.3) is 0 Å². The molecule has 0 bridgehead atoms. The molecule has 0 unspecified atom stereocenters. The van der Waals surface area contributed by atoms with Crippen molar-refractivity contribution in [1.29, 1.82) is 0 Å². The van der Waals surface area contributed by atoms with Crippen LogP contribution in [0.4, 0.5) is 10.1 Å². The van der Waals surface area contributed by atoms with E-state index >= 15 is 0 Å². The quantitative estimate of drug-likeness (QED) is 0.721. The summed E-state index contributed by atoms with van der Waals surface area (Å²) >= 11 is 0. The van der Waals surface area contributed by atoms with Crippen LogP contribution in [-0.2, 0) is 13.0 Å². The van der Waals surface area contributed by atoms with Crippen molar-refractivity contribution in [3.05, 3.63) is 65.7 Å². The third-order valence-electron chi connectivity index (χ3n) is 4.98. The number of nitrogens with one attached hydrogen (secondary N) is 1. The Labute approximate surface area is 153 Å². The molecule has 2 aromatic carbocycles. The van der Waals surface area contributed by atoms with Gasteiger partial charge in [-0.25, -0.2) is 4.39 Å². The molecule has 1 atom stereocenters. The molecular weight excluding hydrogens is 327 g/mol. The Morgan fingerprint density at radius 3 is 2.73 bits per heavy atom. The lowest BCUT2D eigenvalue weighted by molar-refractivity contribution is 0.626. The Bertz CT molecular complexity index is 885. The fourth-order valence-corrected chi connectivity index (χ4v) is 3.53. The van der Waals surface area contributed by atoms with Crippen molar-refractivity contribution in [3.63, 3.8) is 0 Å². The van der Waals surface area contributed by atoms with E-state index in [0.29, 0.717) is 0 Å². The molecule has 5 heteroatoms. The second-order valence-electron chi connectivity index (χ2n) is 6.90. The molecule has 0 fully saturated rings. The van der Waals surface area contributed by atoms with E-state index in [1.54, 1.807) is 0 Å². The topological polar surface area (TPSA) is 42.7 Å². The van der Waals surface area contributed by atoms with Crippen LogP contribution in [0.3, 0.4) is 0 Å². The highest BCUT2D eigenvalue weighted by molar-refractivity contribution is 5.63. The summed E-state index contributed by atoms with van der Waals surface area (Å²) in [5.74, 6) is 1.82. The van der Waals surface area contributed by atoms with E-state index in [-0.39, 0.29) is 11.9 Å². The minimum absolute atomic E-state index is 0.0846. The van der Waals surface area contributed by atoms with E-state index < -0.39 is 0 Å². The van der Waals surface area contributed by atoms with Gasteiger partial charge in [-0.3, -0.25) is 0 Å². The number of fused-ring (bicyclic) bond motifs is 1. The van der Waals surface area contributed by atoms with E-state index in [1.165, 1.54) is 31.4 Å². The molecule has 4 nitrogen and oxygen atoms in total. The highest BCUT2D eigenvalue weighted by Gasteiger charge is 2.16. The zero-order valence-corrected chi connectivity index (χ0v) is 15.0. The third kappa shape index (κ3) is 3.47. The molecule has 0 amide bonds. The Kier molecular flexibility index (Phi) is 4.69. The monoisotopic (exact) mass is 350 g/mol. The first-order valence-electron chi connectivity index (χ1n) is 9.25. The normalized spacial score (nSPS) is 15.2. The second kappa shape index (κ2) is 7.28. The molecule has 0 saturated carbocycles. The fraction of sp³-hybridized carbons (Fsp3) is 0.333. The van der Waals surface area contributed by atoms with E-state index in [9.17, 15) is 4.39 Å². The highest BCUT2D eigenvalue weighted by atomic mass is 19.1.